The minimum atomic E-state index is -0.187. The smallest absolute Gasteiger partial charge is 0.253 e. The van der Waals surface area contributed by atoms with E-state index in [0.29, 0.717) is 24.4 Å². The number of benzene rings is 2. The van der Waals surface area contributed by atoms with Gasteiger partial charge in [0, 0.05) is 13.7 Å². The normalized spacial score (nSPS) is 10.5. The number of hydrogen-bond acceptors (Lipinski definition) is 5. The standard InChI is InChI=1S/C17H17N5O2/c1-24-11-14-7-3-2-6-13(14)10-18-17(23)15-8-4-5-9-16(15)22-12-19-20-21-22/h2-9,12H,10-11H2,1H3,(H,18,23). The van der Waals surface area contributed by atoms with E-state index in [9.17, 15) is 4.79 Å². The molecule has 3 rings (SSSR count). The topological polar surface area (TPSA) is 81.9 Å². The Morgan fingerprint density at radius 1 is 1.12 bits per heavy atom. The molecular weight excluding hydrogens is 306 g/mol. The first-order valence-corrected chi connectivity index (χ1v) is 7.46. The summed E-state index contributed by atoms with van der Waals surface area (Å²) in [5, 5.41) is 14.0. The van der Waals surface area contributed by atoms with Crippen LogP contribution in [-0.2, 0) is 17.9 Å². The van der Waals surface area contributed by atoms with Gasteiger partial charge in [-0.2, -0.15) is 4.68 Å². The first-order chi connectivity index (χ1) is 11.8. The first kappa shape index (κ1) is 15.8. The molecule has 24 heavy (non-hydrogen) atoms. The third-order valence-corrected chi connectivity index (χ3v) is 3.60. The van der Waals surface area contributed by atoms with Crippen molar-refractivity contribution < 1.29 is 9.53 Å². The Morgan fingerprint density at radius 2 is 1.88 bits per heavy atom. The zero-order chi connectivity index (χ0) is 16.8. The van der Waals surface area contributed by atoms with Crippen molar-refractivity contribution in [1.29, 1.82) is 0 Å². The number of amides is 1. The molecule has 1 heterocycles. The Labute approximate surface area is 139 Å². The molecule has 7 heteroatoms. The molecule has 2 aromatic carbocycles. The van der Waals surface area contributed by atoms with E-state index in [2.05, 4.69) is 20.8 Å². The summed E-state index contributed by atoms with van der Waals surface area (Å²) >= 11 is 0. The molecule has 0 atom stereocenters. The zero-order valence-electron chi connectivity index (χ0n) is 13.2. The van der Waals surface area contributed by atoms with Crippen molar-refractivity contribution in [3.63, 3.8) is 0 Å². The molecule has 0 radical (unpaired) electrons. The van der Waals surface area contributed by atoms with E-state index in [1.807, 2.05) is 36.4 Å². The van der Waals surface area contributed by atoms with Crippen LogP contribution in [-0.4, -0.2) is 33.2 Å². The molecule has 1 N–H and O–H groups in total. The maximum atomic E-state index is 12.6. The van der Waals surface area contributed by atoms with E-state index in [-0.39, 0.29) is 5.91 Å². The molecule has 0 unspecified atom stereocenters. The Balaban J connectivity index is 1.77. The molecule has 7 nitrogen and oxygen atoms in total. The molecule has 1 aromatic heterocycles. The van der Waals surface area contributed by atoms with Crippen molar-refractivity contribution in [2.24, 2.45) is 0 Å². The molecule has 1 amide bonds. The van der Waals surface area contributed by atoms with Crippen LogP contribution < -0.4 is 5.32 Å². The molecule has 0 aliphatic rings. The predicted octanol–water partition coefficient (Wildman–Crippen LogP) is 1.74. The van der Waals surface area contributed by atoms with Crippen LogP contribution in [0.1, 0.15) is 21.5 Å². The molecule has 0 saturated heterocycles. The summed E-state index contributed by atoms with van der Waals surface area (Å²) < 4.78 is 6.66. The molecule has 0 spiro atoms. The number of carbonyl (C=O) groups excluding carboxylic acids is 1. The predicted molar refractivity (Wildman–Crippen MR) is 87.5 cm³/mol. The van der Waals surface area contributed by atoms with Gasteiger partial charge in [-0.3, -0.25) is 4.79 Å². The Kier molecular flexibility index (Phi) is 4.93. The number of ether oxygens (including phenoxy) is 1. The summed E-state index contributed by atoms with van der Waals surface area (Å²) in [4.78, 5) is 12.6. The number of hydrogen-bond donors (Lipinski definition) is 1. The van der Waals surface area contributed by atoms with Crippen LogP contribution in [0.3, 0.4) is 0 Å². The SMILES string of the molecule is COCc1ccccc1CNC(=O)c1ccccc1-n1cnnn1. The summed E-state index contributed by atoms with van der Waals surface area (Å²) in [5.74, 6) is -0.187. The highest BCUT2D eigenvalue weighted by Crippen LogP contribution is 2.14. The molecule has 0 fully saturated rings. The van der Waals surface area contributed by atoms with Gasteiger partial charge in [-0.15, -0.1) is 5.10 Å². The van der Waals surface area contributed by atoms with Gasteiger partial charge in [0.1, 0.15) is 6.33 Å². The van der Waals surface area contributed by atoms with Crippen molar-refractivity contribution in [2.75, 3.05) is 7.11 Å². The van der Waals surface area contributed by atoms with Gasteiger partial charge < -0.3 is 10.1 Å². The molecule has 0 aliphatic heterocycles. The van der Waals surface area contributed by atoms with Gasteiger partial charge in [0.05, 0.1) is 17.9 Å². The monoisotopic (exact) mass is 323 g/mol. The maximum absolute atomic E-state index is 12.6. The average molecular weight is 323 g/mol. The van der Waals surface area contributed by atoms with Crippen LogP contribution in [0.15, 0.2) is 54.9 Å². The van der Waals surface area contributed by atoms with Crippen LogP contribution >= 0.6 is 0 Å². The van der Waals surface area contributed by atoms with E-state index in [4.69, 9.17) is 4.74 Å². The number of nitrogens with one attached hydrogen (secondary N) is 1. The quantitative estimate of drug-likeness (QED) is 0.747. The summed E-state index contributed by atoms with van der Waals surface area (Å²) in [6.45, 7) is 0.926. The van der Waals surface area contributed by atoms with Crippen molar-refractivity contribution >= 4 is 5.91 Å². The van der Waals surface area contributed by atoms with Crippen molar-refractivity contribution in [2.45, 2.75) is 13.2 Å². The average Bonchev–Trinajstić information content (AvgIpc) is 3.15. The maximum Gasteiger partial charge on any atom is 0.253 e. The van der Waals surface area contributed by atoms with Crippen LogP contribution in [0.2, 0.25) is 0 Å². The van der Waals surface area contributed by atoms with Gasteiger partial charge in [0.2, 0.25) is 0 Å². The number of carbonyl (C=O) groups is 1. The lowest BCUT2D eigenvalue weighted by molar-refractivity contribution is 0.0950. The summed E-state index contributed by atoms with van der Waals surface area (Å²) in [5.41, 5.74) is 3.21. The largest absolute Gasteiger partial charge is 0.380 e. The van der Waals surface area contributed by atoms with E-state index in [1.54, 1.807) is 19.2 Å². The van der Waals surface area contributed by atoms with Crippen LogP contribution in [0.4, 0.5) is 0 Å². The lowest BCUT2D eigenvalue weighted by atomic mass is 10.1. The highest BCUT2D eigenvalue weighted by Gasteiger charge is 2.13. The second kappa shape index (κ2) is 7.47. The summed E-state index contributed by atoms with van der Waals surface area (Å²) in [6.07, 6.45) is 1.46. The van der Waals surface area contributed by atoms with E-state index >= 15 is 0 Å². The van der Waals surface area contributed by atoms with Crippen LogP contribution in [0.5, 0.6) is 0 Å². The number of rotatable bonds is 6. The van der Waals surface area contributed by atoms with Crippen LogP contribution in [0, 0.1) is 0 Å². The Morgan fingerprint density at radius 3 is 2.62 bits per heavy atom. The highest BCUT2D eigenvalue weighted by molar-refractivity contribution is 5.97. The summed E-state index contributed by atoms with van der Waals surface area (Å²) in [6, 6.07) is 15.0. The molecule has 3 aromatic rings. The van der Waals surface area contributed by atoms with Crippen molar-refractivity contribution in [1.82, 2.24) is 25.5 Å². The number of tetrazole rings is 1. The van der Waals surface area contributed by atoms with Crippen molar-refractivity contribution in [3.05, 3.63) is 71.5 Å². The lowest BCUT2D eigenvalue weighted by Crippen LogP contribution is -2.25. The van der Waals surface area contributed by atoms with Crippen molar-refractivity contribution in [3.8, 4) is 5.69 Å². The fourth-order valence-corrected chi connectivity index (χ4v) is 2.43. The lowest BCUT2D eigenvalue weighted by Gasteiger charge is -2.12. The molecule has 0 bridgehead atoms. The Bertz CT molecular complexity index is 817. The van der Waals surface area contributed by atoms with Gasteiger partial charge in [-0.25, -0.2) is 0 Å². The van der Waals surface area contributed by atoms with Gasteiger partial charge in [-0.1, -0.05) is 36.4 Å². The Hall–Kier alpha value is -3.06. The third kappa shape index (κ3) is 3.47. The number of methoxy groups -OCH3 is 1. The van der Waals surface area contributed by atoms with E-state index in [0.717, 1.165) is 11.1 Å². The second-order valence-corrected chi connectivity index (χ2v) is 5.16. The fraction of sp³-hybridized carbons (Fsp3) is 0.176. The molecule has 0 saturated carbocycles. The number of aromatic nitrogens is 4. The molecular formula is C17H17N5O2. The zero-order valence-corrected chi connectivity index (χ0v) is 13.2. The minimum Gasteiger partial charge on any atom is -0.380 e. The van der Waals surface area contributed by atoms with Gasteiger partial charge in [0.15, 0.2) is 0 Å². The minimum absolute atomic E-state index is 0.187. The van der Waals surface area contributed by atoms with E-state index in [1.165, 1.54) is 11.0 Å². The second-order valence-electron chi connectivity index (χ2n) is 5.16. The van der Waals surface area contributed by atoms with Gasteiger partial charge >= 0.3 is 0 Å². The van der Waals surface area contributed by atoms with E-state index < -0.39 is 0 Å². The number of para-hydroxylation sites is 1. The number of nitrogens with zero attached hydrogens (tertiary/aromatic N) is 4. The summed E-state index contributed by atoms with van der Waals surface area (Å²) in [7, 11) is 1.65. The van der Waals surface area contributed by atoms with Crippen LogP contribution in [0.25, 0.3) is 5.69 Å². The first-order valence-electron chi connectivity index (χ1n) is 7.46. The molecule has 122 valence electrons. The third-order valence-electron chi connectivity index (χ3n) is 3.60. The van der Waals surface area contributed by atoms with Gasteiger partial charge in [0.25, 0.3) is 5.91 Å². The van der Waals surface area contributed by atoms with Gasteiger partial charge in [-0.05, 0) is 33.7 Å². The highest BCUT2D eigenvalue weighted by atomic mass is 16.5. The fourth-order valence-electron chi connectivity index (χ4n) is 2.43. The molecule has 0 aliphatic carbocycles.